The van der Waals surface area contributed by atoms with Crippen LogP contribution in [-0.4, -0.2) is 29.6 Å². The normalized spacial score (nSPS) is 24.3. The number of rotatable bonds is 3. The Bertz CT molecular complexity index is 395. The molecule has 86 valence electrons. The summed E-state index contributed by atoms with van der Waals surface area (Å²) in [7, 11) is 0. The van der Waals surface area contributed by atoms with Crippen molar-refractivity contribution < 1.29 is 9.53 Å². The van der Waals surface area contributed by atoms with Crippen LogP contribution in [0, 0.1) is 0 Å². The number of ether oxygens (including phenoxy) is 1. The third-order valence-electron chi connectivity index (χ3n) is 2.74. The maximum atomic E-state index is 11.0. The molecule has 0 radical (unpaired) electrons. The Morgan fingerprint density at radius 2 is 2.50 bits per heavy atom. The van der Waals surface area contributed by atoms with Gasteiger partial charge in [0.2, 0.25) is 0 Å². The van der Waals surface area contributed by atoms with Crippen molar-refractivity contribution in [1.29, 1.82) is 0 Å². The lowest BCUT2D eigenvalue weighted by atomic mass is 10.1. The highest BCUT2D eigenvalue weighted by molar-refractivity contribution is 5.91. The first-order valence-electron chi connectivity index (χ1n) is 5.31. The summed E-state index contributed by atoms with van der Waals surface area (Å²) in [5, 5.41) is 3.31. The number of nitrogens with two attached hydrogens (primary N) is 1. The third kappa shape index (κ3) is 2.30. The Labute approximate surface area is 94.0 Å². The van der Waals surface area contributed by atoms with Gasteiger partial charge in [-0.2, -0.15) is 0 Å². The van der Waals surface area contributed by atoms with Crippen LogP contribution in [0.3, 0.4) is 0 Å². The van der Waals surface area contributed by atoms with Crippen LogP contribution in [-0.2, 0) is 4.74 Å². The van der Waals surface area contributed by atoms with Crippen LogP contribution in [0.15, 0.2) is 18.3 Å². The SMILES string of the molecule is CC1OCCC1Nc1ccnc(C(N)=O)c1. The molecule has 3 N–H and O–H groups in total. The number of anilines is 1. The van der Waals surface area contributed by atoms with E-state index in [0.29, 0.717) is 0 Å². The summed E-state index contributed by atoms with van der Waals surface area (Å²) < 4.78 is 5.45. The minimum absolute atomic E-state index is 0.185. The number of nitrogens with zero attached hydrogens (tertiary/aromatic N) is 1. The Balaban J connectivity index is 2.09. The summed E-state index contributed by atoms with van der Waals surface area (Å²) in [6, 6.07) is 3.76. The summed E-state index contributed by atoms with van der Waals surface area (Å²) in [6.45, 7) is 2.80. The number of aromatic nitrogens is 1. The van der Waals surface area contributed by atoms with E-state index in [1.54, 1.807) is 12.3 Å². The predicted octanol–water partition coefficient (Wildman–Crippen LogP) is 0.770. The molecular weight excluding hydrogens is 206 g/mol. The summed E-state index contributed by atoms with van der Waals surface area (Å²) >= 11 is 0. The van der Waals surface area contributed by atoms with Gasteiger partial charge < -0.3 is 15.8 Å². The molecule has 2 rings (SSSR count). The third-order valence-corrected chi connectivity index (χ3v) is 2.74. The van der Waals surface area contributed by atoms with Gasteiger partial charge in [-0.05, 0) is 25.5 Å². The van der Waals surface area contributed by atoms with E-state index in [1.807, 2.05) is 13.0 Å². The molecule has 1 aromatic heterocycles. The second-order valence-corrected chi connectivity index (χ2v) is 3.91. The molecule has 5 heteroatoms. The zero-order chi connectivity index (χ0) is 11.5. The first-order chi connectivity index (χ1) is 7.66. The zero-order valence-electron chi connectivity index (χ0n) is 9.14. The van der Waals surface area contributed by atoms with Gasteiger partial charge in [0.25, 0.3) is 5.91 Å². The molecule has 1 aromatic rings. The summed E-state index contributed by atoms with van der Waals surface area (Å²) in [4.78, 5) is 14.8. The van der Waals surface area contributed by atoms with Gasteiger partial charge in [-0.15, -0.1) is 0 Å². The second-order valence-electron chi connectivity index (χ2n) is 3.91. The summed E-state index contributed by atoms with van der Waals surface area (Å²) in [5.41, 5.74) is 6.29. The van der Waals surface area contributed by atoms with Gasteiger partial charge in [-0.3, -0.25) is 9.78 Å². The molecule has 1 saturated heterocycles. The standard InChI is InChI=1S/C11H15N3O2/c1-7-9(3-5-16-7)14-8-2-4-13-10(6-8)11(12)15/h2,4,6-7,9H,3,5H2,1H3,(H2,12,15)(H,13,14). The van der Waals surface area contributed by atoms with Crippen molar-refractivity contribution >= 4 is 11.6 Å². The smallest absolute Gasteiger partial charge is 0.267 e. The molecule has 5 nitrogen and oxygen atoms in total. The zero-order valence-corrected chi connectivity index (χ0v) is 9.14. The number of carbonyl (C=O) groups is 1. The van der Waals surface area contributed by atoms with Crippen LogP contribution < -0.4 is 11.1 Å². The molecule has 1 aliphatic rings. The van der Waals surface area contributed by atoms with Crippen molar-refractivity contribution in [1.82, 2.24) is 4.98 Å². The van der Waals surface area contributed by atoms with Crippen LogP contribution in [0.25, 0.3) is 0 Å². The Morgan fingerprint density at radius 1 is 1.69 bits per heavy atom. The van der Waals surface area contributed by atoms with E-state index >= 15 is 0 Å². The Hall–Kier alpha value is -1.62. The first kappa shape index (κ1) is 10.9. The van der Waals surface area contributed by atoms with E-state index in [1.165, 1.54) is 0 Å². The molecule has 16 heavy (non-hydrogen) atoms. The van der Waals surface area contributed by atoms with Crippen LogP contribution in [0.2, 0.25) is 0 Å². The van der Waals surface area contributed by atoms with Gasteiger partial charge in [0.05, 0.1) is 12.1 Å². The largest absolute Gasteiger partial charge is 0.380 e. The minimum atomic E-state index is -0.514. The quantitative estimate of drug-likeness (QED) is 0.790. The maximum Gasteiger partial charge on any atom is 0.267 e. The van der Waals surface area contributed by atoms with Crippen molar-refractivity contribution in [2.45, 2.75) is 25.5 Å². The molecule has 2 unspecified atom stereocenters. The Morgan fingerprint density at radius 3 is 3.12 bits per heavy atom. The van der Waals surface area contributed by atoms with Crippen LogP contribution in [0.1, 0.15) is 23.8 Å². The molecule has 0 saturated carbocycles. The second kappa shape index (κ2) is 4.49. The number of primary amides is 1. The monoisotopic (exact) mass is 221 g/mol. The molecule has 0 spiro atoms. The van der Waals surface area contributed by atoms with Crippen molar-refractivity contribution in [3.05, 3.63) is 24.0 Å². The van der Waals surface area contributed by atoms with E-state index in [2.05, 4.69) is 10.3 Å². The predicted molar refractivity (Wildman–Crippen MR) is 60.2 cm³/mol. The Kier molecular flexibility index (Phi) is 3.05. The van der Waals surface area contributed by atoms with E-state index in [4.69, 9.17) is 10.5 Å². The fourth-order valence-corrected chi connectivity index (χ4v) is 1.79. The lowest BCUT2D eigenvalue weighted by Crippen LogP contribution is -2.26. The van der Waals surface area contributed by atoms with Crippen molar-refractivity contribution in [2.24, 2.45) is 5.73 Å². The fraction of sp³-hybridized carbons (Fsp3) is 0.455. The number of amides is 1. The number of hydrogen-bond donors (Lipinski definition) is 2. The topological polar surface area (TPSA) is 77.2 Å². The van der Waals surface area contributed by atoms with E-state index < -0.39 is 5.91 Å². The van der Waals surface area contributed by atoms with Crippen LogP contribution in [0.4, 0.5) is 5.69 Å². The van der Waals surface area contributed by atoms with Crippen molar-refractivity contribution in [3.63, 3.8) is 0 Å². The molecule has 0 aliphatic carbocycles. The van der Waals surface area contributed by atoms with E-state index in [0.717, 1.165) is 18.7 Å². The molecule has 1 fully saturated rings. The maximum absolute atomic E-state index is 11.0. The number of carbonyl (C=O) groups excluding carboxylic acids is 1. The number of hydrogen-bond acceptors (Lipinski definition) is 4. The number of nitrogens with one attached hydrogen (secondary N) is 1. The first-order valence-corrected chi connectivity index (χ1v) is 5.31. The molecule has 0 bridgehead atoms. The lowest BCUT2D eigenvalue weighted by Gasteiger charge is -2.17. The highest BCUT2D eigenvalue weighted by atomic mass is 16.5. The van der Waals surface area contributed by atoms with Gasteiger partial charge in [0.15, 0.2) is 0 Å². The van der Waals surface area contributed by atoms with Gasteiger partial charge in [-0.25, -0.2) is 0 Å². The van der Waals surface area contributed by atoms with Crippen molar-refractivity contribution in [2.75, 3.05) is 11.9 Å². The molecule has 1 aliphatic heterocycles. The van der Waals surface area contributed by atoms with Crippen LogP contribution in [0.5, 0.6) is 0 Å². The average molecular weight is 221 g/mol. The molecular formula is C11H15N3O2. The van der Waals surface area contributed by atoms with Crippen LogP contribution >= 0.6 is 0 Å². The molecule has 2 atom stereocenters. The highest BCUT2D eigenvalue weighted by Gasteiger charge is 2.23. The van der Waals surface area contributed by atoms with Crippen molar-refractivity contribution in [3.8, 4) is 0 Å². The van der Waals surface area contributed by atoms with Gasteiger partial charge in [0, 0.05) is 18.5 Å². The van der Waals surface area contributed by atoms with Gasteiger partial charge in [0.1, 0.15) is 5.69 Å². The average Bonchev–Trinajstić information content (AvgIpc) is 2.65. The molecule has 0 aromatic carbocycles. The van der Waals surface area contributed by atoms with Gasteiger partial charge in [-0.1, -0.05) is 0 Å². The highest BCUT2D eigenvalue weighted by Crippen LogP contribution is 2.18. The molecule has 2 heterocycles. The van der Waals surface area contributed by atoms with E-state index in [9.17, 15) is 4.79 Å². The van der Waals surface area contributed by atoms with E-state index in [-0.39, 0.29) is 17.8 Å². The van der Waals surface area contributed by atoms with Gasteiger partial charge >= 0.3 is 0 Å². The lowest BCUT2D eigenvalue weighted by molar-refractivity contribution is 0.0995. The summed E-state index contributed by atoms with van der Waals surface area (Å²) in [5.74, 6) is -0.514. The fourth-order valence-electron chi connectivity index (χ4n) is 1.79. The number of pyridine rings is 1. The minimum Gasteiger partial charge on any atom is -0.380 e. The molecule has 1 amide bonds. The summed E-state index contributed by atoms with van der Waals surface area (Å²) in [6.07, 6.45) is 2.73.